The Morgan fingerprint density at radius 2 is 2.21 bits per heavy atom. The summed E-state index contributed by atoms with van der Waals surface area (Å²) in [6.07, 6.45) is 3.36. The molecule has 1 aliphatic carbocycles. The summed E-state index contributed by atoms with van der Waals surface area (Å²) in [4.78, 5) is 16.3. The van der Waals surface area contributed by atoms with E-state index >= 15 is 0 Å². The van der Waals surface area contributed by atoms with E-state index < -0.39 is 4.92 Å². The Balaban J connectivity index is 1.91. The second-order valence-corrected chi connectivity index (χ2v) is 4.98. The number of benzene rings is 1. The van der Waals surface area contributed by atoms with Crippen LogP contribution in [0.5, 0.6) is 0 Å². The van der Waals surface area contributed by atoms with E-state index in [4.69, 9.17) is 4.84 Å². The number of hydrogen-bond acceptors (Lipinski definition) is 4. The van der Waals surface area contributed by atoms with Crippen LogP contribution in [-0.4, -0.2) is 15.5 Å². The fourth-order valence-electron chi connectivity index (χ4n) is 2.93. The Labute approximate surface area is 110 Å². The molecule has 0 unspecified atom stereocenters. The summed E-state index contributed by atoms with van der Waals surface area (Å²) >= 11 is 0. The quantitative estimate of drug-likeness (QED) is 0.466. The molecule has 2 aliphatic rings. The summed E-state index contributed by atoms with van der Waals surface area (Å²) in [7, 11) is 0. The van der Waals surface area contributed by atoms with Crippen LogP contribution in [0, 0.1) is 21.2 Å². The van der Waals surface area contributed by atoms with Crippen molar-refractivity contribution in [2.75, 3.05) is 0 Å². The predicted molar refractivity (Wildman–Crippen MR) is 67.5 cm³/mol. The summed E-state index contributed by atoms with van der Waals surface area (Å²) in [5.74, 6) is 0.0632. The molecule has 19 heavy (non-hydrogen) atoms. The van der Waals surface area contributed by atoms with Crippen molar-refractivity contribution < 1.29 is 14.7 Å². The number of non-ortho nitro benzene ring substituents is 1. The maximum absolute atomic E-state index is 11.7. The number of nitro benzene ring substituents is 1. The van der Waals surface area contributed by atoms with Gasteiger partial charge in [-0.15, -0.1) is 0 Å². The number of rotatable bonds is 2. The van der Waals surface area contributed by atoms with Crippen molar-refractivity contribution in [3.8, 4) is 0 Å². The van der Waals surface area contributed by atoms with Crippen LogP contribution >= 0.6 is 0 Å². The molecule has 1 heterocycles. The standard InChI is InChI=1S/C13H14N2O4/c16-14(17)10-5-3-4-9(8-10)13-11-6-1-2-7-12(11)15(18)19-13/h3-5,8,11,13H,1-2,6-7H2/t11-,13-/m0/s1. The van der Waals surface area contributed by atoms with E-state index in [2.05, 4.69) is 0 Å². The lowest BCUT2D eigenvalue weighted by Crippen LogP contribution is -2.22. The molecule has 2 atom stereocenters. The van der Waals surface area contributed by atoms with Crippen LogP contribution in [0.3, 0.4) is 0 Å². The van der Waals surface area contributed by atoms with Crippen LogP contribution in [-0.2, 0) is 4.84 Å². The van der Waals surface area contributed by atoms with E-state index in [9.17, 15) is 15.3 Å². The molecule has 0 amide bonds. The molecule has 1 aromatic carbocycles. The summed E-state index contributed by atoms with van der Waals surface area (Å²) in [5, 5.41) is 22.5. The van der Waals surface area contributed by atoms with Gasteiger partial charge < -0.3 is 4.84 Å². The molecule has 0 spiro atoms. The van der Waals surface area contributed by atoms with Gasteiger partial charge in [-0.3, -0.25) is 15.3 Å². The lowest BCUT2D eigenvalue weighted by atomic mass is 9.82. The first-order chi connectivity index (χ1) is 9.16. The second-order valence-electron chi connectivity index (χ2n) is 4.98. The average molecular weight is 262 g/mol. The van der Waals surface area contributed by atoms with E-state index in [0.29, 0.717) is 10.5 Å². The third kappa shape index (κ3) is 2.03. The lowest BCUT2D eigenvalue weighted by molar-refractivity contribution is -0.743. The van der Waals surface area contributed by atoms with Crippen LogP contribution in [0.4, 0.5) is 5.69 Å². The van der Waals surface area contributed by atoms with Crippen LogP contribution in [0.15, 0.2) is 24.3 Å². The molecule has 1 fully saturated rings. The van der Waals surface area contributed by atoms with E-state index in [1.54, 1.807) is 12.1 Å². The average Bonchev–Trinajstić information content (AvgIpc) is 2.77. The van der Waals surface area contributed by atoms with E-state index in [1.807, 2.05) is 0 Å². The molecule has 0 saturated heterocycles. The predicted octanol–water partition coefficient (Wildman–Crippen LogP) is 2.72. The van der Waals surface area contributed by atoms with Gasteiger partial charge in [-0.25, -0.2) is 0 Å². The first-order valence-electron chi connectivity index (χ1n) is 6.41. The lowest BCUT2D eigenvalue weighted by Gasteiger charge is -2.21. The molecule has 0 aromatic heterocycles. The van der Waals surface area contributed by atoms with Gasteiger partial charge in [-0.05, 0) is 18.4 Å². The van der Waals surface area contributed by atoms with Gasteiger partial charge in [0.15, 0.2) is 0 Å². The molecule has 100 valence electrons. The first kappa shape index (κ1) is 12.0. The van der Waals surface area contributed by atoms with Crippen molar-refractivity contribution in [1.29, 1.82) is 0 Å². The number of nitro groups is 1. The van der Waals surface area contributed by atoms with Gasteiger partial charge in [0, 0.05) is 23.5 Å². The second kappa shape index (κ2) is 4.53. The Hall–Kier alpha value is -2.11. The summed E-state index contributed by atoms with van der Waals surface area (Å²) in [6, 6.07) is 6.35. The topological polar surface area (TPSA) is 78.4 Å². The fraction of sp³-hybridized carbons (Fsp3) is 0.462. The molecule has 0 radical (unpaired) electrons. The highest BCUT2D eigenvalue weighted by Gasteiger charge is 2.41. The third-order valence-electron chi connectivity index (χ3n) is 3.84. The van der Waals surface area contributed by atoms with Crippen molar-refractivity contribution in [3.05, 3.63) is 45.2 Å². The van der Waals surface area contributed by atoms with Gasteiger partial charge in [0.25, 0.3) is 5.69 Å². The van der Waals surface area contributed by atoms with Gasteiger partial charge in [-0.2, -0.15) is 0 Å². The normalized spacial score (nSPS) is 25.9. The molecule has 0 N–H and O–H groups in total. The first-order valence-corrected chi connectivity index (χ1v) is 6.41. The van der Waals surface area contributed by atoms with Crippen molar-refractivity contribution in [1.82, 2.24) is 0 Å². The maximum Gasteiger partial charge on any atom is 0.269 e. The van der Waals surface area contributed by atoms with Crippen LogP contribution < -0.4 is 0 Å². The summed E-state index contributed by atoms with van der Waals surface area (Å²) < 4.78 is 0. The van der Waals surface area contributed by atoms with Gasteiger partial charge in [0.2, 0.25) is 5.71 Å². The van der Waals surface area contributed by atoms with E-state index in [-0.39, 0.29) is 17.7 Å². The van der Waals surface area contributed by atoms with Gasteiger partial charge >= 0.3 is 0 Å². The highest BCUT2D eigenvalue weighted by molar-refractivity contribution is 5.84. The van der Waals surface area contributed by atoms with E-state index in [0.717, 1.165) is 31.4 Å². The Morgan fingerprint density at radius 1 is 1.37 bits per heavy atom. The van der Waals surface area contributed by atoms with Crippen LogP contribution in [0.25, 0.3) is 0 Å². The highest BCUT2D eigenvalue weighted by atomic mass is 16.9. The number of hydrogen-bond donors (Lipinski definition) is 0. The zero-order valence-electron chi connectivity index (χ0n) is 10.3. The molecule has 3 rings (SSSR count). The van der Waals surface area contributed by atoms with Crippen LogP contribution in [0.2, 0.25) is 0 Å². The molecule has 1 saturated carbocycles. The minimum atomic E-state index is -0.432. The Bertz CT molecular complexity index is 555. The van der Waals surface area contributed by atoms with Gasteiger partial charge in [0.1, 0.15) is 6.10 Å². The monoisotopic (exact) mass is 262 g/mol. The molecule has 1 aliphatic heterocycles. The van der Waals surface area contributed by atoms with Crippen molar-refractivity contribution in [3.63, 3.8) is 0 Å². The Morgan fingerprint density at radius 3 is 3.00 bits per heavy atom. The Kier molecular flexibility index (Phi) is 2.85. The third-order valence-corrected chi connectivity index (χ3v) is 3.84. The van der Waals surface area contributed by atoms with Crippen molar-refractivity contribution >= 4 is 11.4 Å². The smallest absolute Gasteiger partial charge is 0.269 e. The number of fused-ring (bicyclic) bond motifs is 1. The maximum atomic E-state index is 11.7. The zero-order chi connectivity index (χ0) is 13.4. The minimum Gasteiger partial charge on any atom is -0.394 e. The highest BCUT2D eigenvalue weighted by Crippen LogP contribution is 2.40. The molecule has 6 heteroatoms. The van der Waals surface area contributed by atoms with E-state index in [1.165, 1.54) is 12.1 Å². The van der Waals surface area contributed by atoms with Crippen LogP contribution in [0.1, 0.15) is 37.4 Å². The molecule has 0 bridgehead atoms. The summed E-state index contributed by atoms with van der Waals surface area (Å²) in [5.41, 5.74) is 1.52. The summed E-state index contributed by atoms with van der Waals surface area (Å²) in [6.45, 7) is 0. The largest absolute Gasteiger partial charge is 0.394 e. The minimum absolute atomic E-state index is 0.0304. The van der Waals surface area contributed by atoms with Crippen molar-refractivity contribution in [2.45, 2.75) is 31.8 Å². The zero-order valence-corrected chi connectivity index (χ0v) is 10.3. The van der Waals surface area contributed by atoms with Gasteiger partial charge in [0.05, 0.1) is 10.8 Å². The molecular weight excluding hydrogens is 248 g/mol. The molecule has 1 aromatic rings. The molecule has 6 nitrogen and oxygen atoms in total. The fourth-order valence-corrected chi connectivity index (χ4v) is 2.93. The SMILES string of the molecule is O=[N+]([O-])c1cccc([C@@H]2O[N+]([O-])=C3CCCC[C@@H]32)c1. The molecular formula is C13H14N2O4. The number of nitrogens with zero attached hydrogens (tertiary/aromatic N) is 2. The van der Waals surface area contributed by atoms with Crippen molar-refractivity contribution in [2.24, 2.45) is 5.92 Å². The van der Waals surface area contributed by atoms with Gasteiger partial charge in [-0.1, -0.05) is 18.6 Å².